The van der Waals surface area contributed by atoms with Gasteiger partial charge in [0.05, 0.1) is 0 Å². The van der Waals surface area contributed by atoms with Crippen LogP contribution in [0.3, 0.4) is 0 Å². The highest BCUT2D eigenvalue weighted by Gasteiger charge is 2.44. The van der Waals surface area contributed by atoms with Crippen molar-refractivity contribution in [2.45, 2.75) is 90.1 Å². The minimum atomic E-state index is -0.777. The number of carbonyl (C=O) groups is 2. The molecular weight excluding hydrogens is 458 g/mol. The van der Waals surface area contributed by atoms with E-state index in [4.69, 9.17) is 0 Å². The average molecular weight is 504 g/mol. The van der Waals surface area contributed by atoms with Crippen LogP contribution >= 0.6 is 0 Å². The van der Waals surface area contributed by atoms with E-state index in [0.717, 1.165) is 58.3 Å². The highest BCUT2D eigenvalue weighted by Crippen LogP contribution is 2.35. The Labute approximate surface area is 223 Å². The minimum absolute atomic E-state index is 0.0277. The summed E-state index contributed by atoms with van der Waals surface area (Å²) in [6, 6.07) is 16.7. The zero-order chi connectivity index (χ0) is 26.6. The quantitative estimate of drug-likeness (QED) is 0.559. The summed E-state index contributed by atoms with van der Waals surface area (Å²) in [5, 5.41) is 3.34. The summed E-state index contributed by atoms with van der Waals surface area (Å²) in [4.78, 5) is 32.2. The lowest BCUT2D eigenvalue weighted by Crippen LogP contribution is -2.64. The molecule has 0 aromatic heterocycles. The van der Waals surface area contributed by atoms with Gasteiger partial charge in [-0.3, -0.25) is 14.5 Å². The lowest BCUT2D eigenvalue weighted by molar-refractivity contribution is -0.145. The van der Waals surface area contributed by atoms with Gasteiger partial charge in [0.25, 0.3) is 0 Å². The first kappa shape index (κ1) is 27.4. The molecule has 1 saturated heterocycles. The number of rotatable bonds is 6. The number of hydrogen-bond donors (Lipinski definition) is 1. The summed E-state index contributed by atoms with van der Waals surface area (Å²) in [6.07, 6.45) is 4.88. The normalized spacial score (nSPS) is 18.6. The second-order valence-electron chi connectivity index (χ2n) is 12.1. The van der Waals surface area contributed by atoms with Gasteiger partial charge in [-0.2, -0.15) is 0 Å². The summed E-state index contributed by atoms with van der Waals surface area (Å²) < 4.78 is 0. The van der Waals surface area contributed by atoms with Gasteiger partial charge < -0.3 is 10.2 Å². The van der Waals surface area contributed by atoms with Crippen LogP contribution in [-0.2, 0) is 9.59 Å². The molecular formula is C32H45N3O2. The van der Waals surface area contributed by atoms with Gasteiger partial charge in [-0.1, -0.05) is 67.8 Å². The number of nitrogens with one attached hydrogen (secondary N) is 1. The van der Waals surface area contributed by atoms with Crippen molar-refractivity contribution < 1.29 is 9.59 Å². The third-order valence-corrected chi connectivity index (χ3v) is 8.53. The molecule has 2 aromatic carbocycles. The van der Waals surface area contributed by atoms with Crippen LogP contribution < -0.4 is 5.32 Å². The SMILES string of the molecule is Cc1ccccc1C(CC(=O)NC1(C(=O)N2CCN(C(C)(C)C)CC2)CCCCC1)c1ccccc1C. The Morgan fingerprint density at radius 1 is 0.838 bits per heavy atom. The molecule has 1 heterocycles. The first-order valence-corrected chi connectivity index (χ1v) is 14.1. The molecule has 1 saturated carbocycles. The Morgan fingerprint density at radius 2 is 1.35 bits per heavy atom. The number of benzene rings is 2. The van der Waals surface area contributed by atoms with Crippen LogP contribution in [-0.4, -0.2) is 58.9 Å². The smallest absolute Gasteiger partial charge is 0.248 e. The Hall–Kier alpha value is -2.66. The Morgan fingerprint density at radius 3 is 1.84 bits per heavy atom. The van der Waals surface area contributed by atoms with Crippen LogP contribution in [0, 0.1) is 13.8 Å². The van der Waals surface area contributed by atoms with Crippen LogP contribution in [0.2, 0.25) is 0 Å². The van der Waals surface area contributed by atoms with E-state index in [0.29, 0.717) is 6.42 Å². The average Bonchev–Trinajstić information content (AvgIpc) is 2.88. The summed E-state index contributed by atoms with van der Waals surface area (Å²) in [7, 11) is 0. The molecule has 5 heteroatoms. The summed E-state index contributed by atoms with van der Waals surface area (Å²) in [5.41, 5.74) is 4.05. The predicted molar refractivity (Wildman–Crippen MR) is 151 cm³/mol. The molecule has 2 aliphatic rings. The van der Waals surface area contributed by atoms with Crippen molar-refractivity contribution in [2.24, 2.45) is 0 Å². The minimum Gasteiger partial charge on any atom is -0.342 e. The molecule has 0 bridgehead atoms. The van der Waals surface area contributed by atoms with E-state index < -0.39 is 5.54 Å². The number of amides is 2. The maximum absolute atomic E-state index is 14.0. The Kier molecular flexibility index (Phi) is 8.42. The highest BCUT2D eigenvalue weighted by molar-refractivity contribution is 5.92. The summed E-state index contributed by atoms with van der Waals surface area (Å²) in [6.45, 7) is 14.1. The number of carbonyl (C=O) groups excluding carboxylic acids is 2. The topological polar surface area (TPSA) is 52.7 Å². The summed E-state index contributed by atoms with van der Waals surface area (Å²) >= 11 is 0. The van der Waals surface area contributed by atoms with Crippen molar-refractivity contribution in [3.8, 4) is 0 Å². The van der Waals surface area contributed by atoms with Gasteiger partial charge in [0, 0.05) is 44.1 Å². The van der Waals surface area contributed by atoms with Crippen molar-refractivity contribution >= 4 is 11.8 Å². The molecule has 1 N–H and O–H groups in total. The van der Waals surface area contributed by atoms with Gasteiger partial charge in [-0.05, 0) is 69.7 Å². The van der Waals surface area contributed by atoms with Crippen molar-refractivity contribution in [1.82, 2.24) is 15.1 Å². The zero-order valence-corrected chi connectivity index (χ0v) is 23.5. The Balaban J connectivity index is 1.55. The largest absolute Gasteiger partial charge is 0.342 e. The van der Waals surface area contributed by atoms with E-state index >= 15 is 0 Å². The fourth-order valence-electron chi connectivity index (χ4n) is 6.28. The molecule has 4 rings (SSSR count). The van der Waals surface area contributed by atoms with E-state index in [9.17, 15) is 9.59 Å². The molecule has 1 aliphatic carbocycles. The third kappa shape index (κ3) is 6.26. The lowest BCUT2D eigenvalue weighted by Gasteiger charge is -2.46. The van der Waals surface area contributed by atoms with Gasteiger partial charge in [0.1, 0.15) is 5.54 Å². The monoisotopic (exact) mass is 503 g/mol. The molecule has 37 heavy (non-hydrogen) atoms. The van der Waals surface area contributed by atoms with Crippen LogP contribution in [0.5, 0.6) is 0 Å². The van der Waals surface area contributed by atoms with Gasteiger partial charge in [-0.15, -0.1) is 0 Å². The number of nitrogens with zero attached hydrogens (tertiary/aromatic N) is 2. The van der Waals surface area contributed by atoms with Crippen LogP contribution in [0.25, 0.3) is 0 Å². The van der Waals surface area contributed by atoms with Crippen LogP contribution in [0.1, 0.15) is 87.5 Å². The van der Waals surface area contributed by atoms with Gasteiger partial charge in [-0.25, -0.2) is 0 Å². The van der Waals surface area contributed by atoms with Crippen LogP contribution in [0.15, 0.2) is 48.5 Å². The molecule has 1 aliphatic heterocycles. The zero-order valence-electron chi connectivity index (χ0n) is 23.5. The van der Waals surface area contributed by atoms with Gasteiger partial charge in [0.15, 0.2) is 0 Å². The fraction of sp³-hybridized carbons (Fsp3) is 0.562. The van der Waals surface area contributed by atoms with E-state index in [1.807, 2.05) is 17.0 Å². The van der Waals surface area contributed by atoms with E-state index in [2.05, 4.69) is 81.2 Å². The molecule has 2 aromatic rings. The molecule has 2 amide bonds. The lowest BCUT2D eigenvalue weighted by atomic mass is 9.79. The molecule has 0 radical (unpaired) electrons. The first-order chi connectivity index (χ1) is 17.6. The van der Waals surface area contributed by atoms with Crippen LogP contribution in [0.4, 0.5) is 0 Å². The Bertz CT molecular complexity index is 1040. The molecule has 0 atom stereocenters. The van der Waals surface area contributed by atoms with E-state index in [1.165, 1.54) is 22.3 Å². The maximum atomic E-state index is 14.0. The number of hydrogen-bond acceptors (Lipinski definition) is 3. The molecule has 0 unspecified atom stereocenters. The highest BCUT2D eigenvalue weighted by atomic mass is 16.2. The molecule has 5 nitrogen and oxygen atoms in total. The van der Waals surface area contributed by atoms with E-state index in [-0.39, 0.29) is 23.3 Å². The number of aryl methyl sites for hydroxylation is 2. The van der Waals surface area contributed by atoms with Crippen molar-refractivity contribution in [3.63, 3.8) is 0 Å². The second-order valence-corrected chi connectivity index (χ2v) is 12.1. The third-order valence-electron chi connectivity index (χ3n) is 8.53. The van der Waals surface area contributed by atoms with Crippen molar-refractivity contribution in [1.29, 1.82) is 0 Å². The summed E-state index contributed by atoms with van der Waals surface area (Å²) in [5.74, 6) is 0.0472. The molecule has 0 spiro atoms. The van der Waals surface area contributed by atoms with Crippen molar-refractivity contribution in [3.05, 3.63) is 70.8 Å². The first-order valence-electron chi connectivity index (χ1n) is 14.1. The molecule has 2 fully saturated rings. The predicted octanol–water partition coefficient (Wildman–Crippen LogP) is 5.59. The fourth-order valence-corrected chi connectivity index (χ4v) is 6.28. The van der Waals surface area contributed by atoms with Crippen molar-refractivity contribution in [2.75, 3.05) is 26.2 Å². The standard InChI is InChI=1S/C32H45N3O2/c1-24-13-7-9-15-26(24)28(27-16-10-8-14-25(27)2)23-29(36)33-32(17-11-6-12-18-32)30(37)34-19-21-35(22-20-34)31(3,4)5/h7-10,13-16,28H,6,11-12,17-23H2,1-5H3,(H,33,36). The molecule has 200 valence electrons. The maximum Gasteiger partial charge on any atom is 0.248 e. The van der Waals surface area contributed by atoms with Gasteiger partial charge in [0.2, 0.25) is 11.8 Å². The van der Waals surface area contributed by atoms with Gasteiger partial charge >= 0.3 is 0 Å². The second kappa shape index (κ2) is 11.4. The number of piperazine rings is 1. The van der Waals surface area contributed by atoms with E-state index in [1.54, 1.807) is 0 Å².